The second-order valence-electron chi connectivity index (χ2n) is 6.36. The Morgan fingerprint density at radius 3 is 2.67 bits per heavy atom. The molecule has 0 saturated heterocycles. The maximum atomic E-state index is 11.7. The van der Waals surface area contributed by atoms with E-state index in [1.807, 2.05) is 18.2 Å². The molecule has 0 aliphatic heterocycles. The van der Waals surface area contributed by atoms with Crippen LogP contribution in [-0.2, 0) is 6.42 Å². The molecule has 0 radical (unpaired) electrons. The van der Waals surface area contributed by atoms with Crippen molar-refractivity contribution in [3.05, 3.63) is 51.0 Å². The average molecular weight is 346 g/mol. The van der Waals surface area contributed by atoms with Gasteiger partial charge in [-0.1, -0.05) is 26.0 Å². The minimum absolute atomic E-state index is 0.0420. The van der Waals surface area contributed by atoms with E-state index in [1.54, 1.807) is 18.4 Å². The number of carbonyl (C=O) groups excluding carboxylic acids is 1. The molecule has 2 rings (SSSR count). The highest BCUT2D eigenvalue weighted by Gasteiger charge is 2.15. The summed E-state index contributed by atoms with van der Waals surface area (Å²) in [5, 5.41) is 7.44. The number of amides is 1. The van der Waals surface area contributed by atoms with Crippen molar-refractivity contribution in [2.45, 2.75) is 46.1 Å². The topological polar surface area (TPSA) is 54.0 Å². The summed E-state index contributed by atoms with van der Waals surface area (Å²) in [5.74, 6) is 0.432. The van der Waals surface area contributed by atoms with Crippen LogP contribution in [-0.4, -0.2) is 24.5 Å². The molecule has 1 aromatic heterocycles. The molecular weight excluding hydrogens is 318 g/mol. The fraction of sp³-hybridized carbons (Fsp3) is 0.474. The Morgan fingerprint density at radius 1 is 1.29 bits per heavy atom. The summed E-state index contributed by atoms with van der Waals surface area (Å²) in [4.78, 5) is 17.7. The number of rotatable bonds is 7. The second kappa shape index (κ2) is 8.40. The molecule has 0 saturated carbocycles. The molecule has 1 aromatic carbocycles. The van der Waals surface area contributed by atoms with Crippen LogP contribution in [0.3, 0.4) is 0 Å². The van der Waals surface area contributed by atoms with Crippen LogP contribution in [0.5, 0.6) is 0 Å². The third-order valence-electron chi connectivity index (χ3n) is 4.02. The highest BCUT2D eigenvalue weighted by Crippen LogP contribution is 2.29. The molecule has 1 amide bonds. The number of aryl methyl sites for hydroxylation is 1. The second-order valence-corrected chi connectivity index (χ2v) is 7.42. The lowest BCUT2D eigenvalue weighted by Crippen LogP contribution is -2.21. The number of nitrogens with zero attached hydrogens (tertiary/aromatic N) is 1. The van der Waals surface area contributed by atoms with Crippen LogP contribution < -0.4 is 10.6 Å². The Labute approximate surface area is 148 Å². The first kappa shape index (κ1) is 18.6. The number of carbonyl (C=O) groups is 1. The van der Waals surface area contributed by atoms with Crippen molar-refractivity contribution in [2.24, 2.45) is 0 Å². The SMILES string of the molecule is CNC(=O)c1cccc(CCN[C@H](C)c2sc(C(C)C)nc2C)c1. The van der Waals surface area contributed by atoms with Crippen molar-refractivity contribution < 1.29 is 4.79 Å². The summed E-state index contributed by atoms with van der Waals surface area (Å²) in [7, 11) is 1.65. The van der Waals surface area contributed by atoms with Gasteiger partial charge in [-0.3, -0.25) is 4.79 Å². The Kier molecular flexibility index (Phi) is 6.52. The maximum Gasteiger partial charge on any atom is 0.251 e. The molecule has 2 N–H and O–H groups in total. The third-order valence-corrected chi connectivity index (χ3v) is 5.66. The fourth-order valence-corrected chi connectivity index (χ4v) is 3.71. The van der Waals surface area contributed by atoms with E-state index in [0.29, 0.717) is 11.5 Å². The number of hydrogen-bond acceptors (Lipinski definition) is 4. The molecule has 1 atom stereocenters. The van der Waals surface area contributed by atoms with Crippen molar-refractivity contribution in [1.82, 2.24) is 15.6 Å². The van der Waals surface area contributed by atoms with Gasteiger partial charge in [0.05, 0.1) is 10.7 Å². The van der Waals surface area contributed by atoms with E-state index in [9.17, 15) is 4.79 Å². The molecule has 130 valence electrons. The van der Waals surface area contributed by atoms with Crippen molar-refractivity contribution in [3.8, 4) is 0 Å². The number of benzene rings is 1. The van der Waals surface area contributed by atoms with Gasteiger partial charge < -0.3 is 10.6 Å². The van der Waals surface area contributed by atoms with Gasteiger partial charge in [-0.2, -0.15) is 0 Å². The summed E-state index contributed by atoms with van der Waals surface area (Å²) < 4.78 is 0. The summed E-state index contributed by atoms with van der Waals surface area (Å²) in [6.45, 7) is 9.50. The highest BCUT2D eigenvalue weighted by molar-refractivity contribution is 7.11. The van der Waals surface area contributed by atoms with E-state index < -0.39 is 0 Å². The fourth-order valence-electron chi connectivity index (χ4n) is 2.62. The lowest BCUT2D eigenvalue weighted by Gasteiger charge is -2.13. The first-order valence-electron chi connectivity index (χ1n) is 8.44. The zero-order valence-corrected chi connectivity index (χ0v) is 16.0. The largest absolute Gasteiger partial charge is 0.355 e. The van der Waals surface area contributed by atoms with Crippen LogP contribution in [0.15, 0.2) is 24.3 Å². The minimum Gasteiger partial charge on any atom is -0.355 e. The summed E-state index contributed by atoms with van der Waals surface area (Å²) >= 11 is 1.80. The van der Waals surface area contributed by atoms with Gasteiger partial charge >= 0.3 is 0 Å². The van der Waals surface area contributed by atoms with Gasteiger partial charge in [-0.05, 0) is 44.5 Å². The normalized spacial score (nSPS) is 12.4. The maximum absolute atomic E-state index is 11.7. The number of aromatic nitrogens is 1. The van der Waals surface area contributed by atoms with Crippen LogP contribution >= 0.6 is 11.3 Å². The lowest BCUT2D eigenvalue weighted by molar-refractivity contribution is 0.0963. The predicted molar refractivity (Wildman–Crippen MR) is 101 cm³/mol. The van der Waals surface area contributed by atoms with E-state index in [2.05, 4.69) is 49.4 Å². The van der Waals surface area contributed by atoms with Crippen molar-refractivity contribution in [1.29, 1.82) is 0 Å². The predicted octanol–water partition coefficient (Wildman–Crippen LogP) is 3.83. The molecule has 2 aromatic rings. The van der Waals surface area contributed by atoms with Crippen LogP contribution in [0.2, 0.25) is 0 Å². The first-order valence-corrected chi connectivity index (χ1v) is 9.25. The zero-order valence-electron chi connectivity index (χ0n) is 15.1. The van der Waals surface area contributed by atoms with Crippen LogP contribution in [0.4, 0.5) is 0 Å². The number of nitrogens with one attached hydrogen (secondary N) is 2. The van der Waals surface area contributed by atoms with E-state index in [1.165, 1.54) is 15.4 Å². The molecular formula is C19H27N3OS. The molecule has 0 fully saturated rings. The Hall–Kier alpha value is -1.72. The summed E-state index contributed by atoms with van der Waals surface area (Å²) in [6, 6.07) is 8.09. The quantitative estimate of drug-likeness (QED) is 0.802. The van der Waals surface area contributed by atoms with Crippen molar-refractivity contribution >= 4 is 17.2 Å². The van der Waals surface area contributed by atoms with Gasteiger partial charge in [-0.15, -0.1) is 11.3 Å². The van der Waals surface area contributed by atoms with Crippen molar-refractivity contribution in [3.63, 3.8) is 0 Å². The van der Waals surface area contributed by atoms with E-state index in [0.717, 1.165) is 18.7 Å². The van der Waals surface area contributed by atoms with Crippen molar-refractivity contribution in [2.75, 3.05) is 13.6 Å². The minimum atomic E-state index is -0.0420. The Bertz CT molecular complexity index is 694. The Morgan fingerprint density at radius 2 is 2.04 bits per heavy atom. The first-order chi connectivity index (χ1) is 11.4. The third kappa shape index (κ3) is 4.65. The van der Waals surface area contributed by atoms with E-state index in [4.69, 9.17) is 0 Å². The molecule has 0 spiro atoms. The van der Waals surface area contributed by atoms with Gasteiger partial charge in [0.15, 0.2) is 0 Å². The Balaban J connectivity index is 1.93. The molecule has 5 heteroatoms. The van der Waals surface area contributed by atoms with E-state index in [-0.39, 0.29) is 11.9 Å². The lowest BCUT2D eigenvalue weighted by atomic mass is 10.1. The monoisotopic (exact) mass is 345 g/mol. The van der Waals surface area contributed by atoms with E-state index >= 15 is 0 Å². The van der Waals surface area contributed by atoms with Gasteiger partial charge in [0.25, 0.3) is 5.91 Å². The molecule has 0 bridgehead atoms. The molecule has 4 nitrogen and oxygen atoms in total. The van der Waals surface area contributed by atoms with Gasteiger partial charge in [-0.25, -0.2) is 4.98 Å². The number of hydrogen-bond donors (Lipinski definition) is 2. The standard InChI is InChI=1S/C19H27N3OS/c1-12(2)19-22-14(4)17(24-19)13(3)21-10-9-15-7-6-8-16(11-15)18(23)20-5/h6-8,11-13,21H,9-10H2,1-5H3,(H,20,23)/t13-/m1/s1. The highest BCUT2D eigenvalue weighted by atomic mass is 32.1. The molecule has 0 aliphatic carbocycles. The van der Waals surface area contributed by atoms with Gasteiger partial charge in [0, 0.05) is 29.4 Å². The summed E-state index contributed by atoms with van der Waals surface area (Å²) in [5.41, 5.74) is 3.01. The zero-order chi connectivity index (χ0) is 17.7. The van der Waals surface area contributed by atoms with Gasteiger partial charge in [0.1, 0.15) is 0 Å². The van der Waals surface area contributed by atoms with Gasteiger partial charge in [0.2, 0.25) is 0 Å². The molecule has 0 unspecified atom stereocenters. The molecule has 1 heterocycles. The molecule has 24 heavy (non-hydrogen) atoms. The molecule has 0 aliphatic rings. The van der Waals surface area contributed by atoms with Crippen LogP contribution in [0.25, 0.3) is 0 Å². The van der Waals surface area contributed by atoms with Crippen LogP contribution in [0, 0.1) is 6.92 Å². The summed E-state index contributed by atoms with van der Waals surface area (Å²) in [6.07, 6.45) is 0.893. The number of thiazole rings is 1. The smallest absolute Gasteiger partial charge is 0.251 e. The van der Waals surface area contributed by atoms with Crippen LogP contribution in [0.1, 0.15) is 64.2 Å². The average Bonchev–Trinajstić information content (AvgIpc) is 2.96.